The zero-order valence-corrected chi connectivity index (χ0v) is 19.6. The first-order chi connectivity index (χ1) is 17.0. The van der Waals surface area contributed by atoms with Crippen LogP contribution in [0, 0.1) is 0 Å². The maximum Gasteiger partial charge on any atom is 0.335 e. The standard InChI is InChI=1S/C28H26N2O5/c1-3-19-10-13-22(14-11-19)30-27(32)23(26(31)29-28(30)33)16-21-12-15-24(25(17-21)34-4-2)35-18-20-8-6-5-7-9-20/h5-17H,3-4,18H2,1-2H3,(H,29,31,33). The van der Waals surface area contributed by atoms with Crippen LogP contribution in [0.3, 0.4) is 0 Å². The number of hydrogen-bond acceptors (Lipinski definition) is 5. The molecule has 3 aromatic carbocycles. The molecule has 1 saturated heterocycles. The van der Waals surface area contributed by atoms with E-state index in [1.54, 1.807) is 30.3 Å². The molecule has 4 amide bonds. The summed E-state index contributed by atoms with van der Waals surface area (Å²) >= 11 is 0. The van der Waals surface area contributed by atoms with Crippen molar-refractivity contribution in [3.05, 3.63) is 95.1 Å². The third-order valence-electron chi connectivity index (χ3n) is 5.52. The minimum absolute atomic E-state index is 0.149. The van der Waals surface area contributed by atoms with Crippen LogP contribution in [-0.2, 0) is 22.6 Å². The molecule has 7 nitrogen and oxygen atoms in total. The molecule has 0 bridgehead atoms. The highest BCUT2D eigenvalue weighted by Crippen LogP contribution is 2.31. The van der Waals surface area contributed by atoms with Crippen LogP contribution in [-0.4, -0.2) is 24.5 Å². The summed E-state index contributed by atoms with van der Waals surface area (Å²) in [6.45, 7) is 4.66. The second-order valence-corrected chi connectivity index (χ2v) is 7.89. The summed E-state index contributed by atoms with van der Waals surface area (Å²) in [4.78, 5) is 39.1. The van der Waals surface area contributed by atoms with E-state index in [0.29, 0.717) is 36.0 Å². The highest BCUT2D eigenvalue weighted by molar-refractivity contribution is 6.39. The lowest BCUT2D eigenvalue weighted by Gasteiger charge is -2.26. The first-order valence-corrected chi connectivity index (χ1v) is 11.4. The van der Waals surface area contributed by atoms with Gasteiger partial charge in [0.05, 0.1) is 12.3 Å². The van der Waals surface area contributed by atoms with Crippen LogP contribution in [0.5, 0.6) is 11.5 Å². The Bertz CT molecular complexity index is 1270. The number of ether oxygens (including phenoxy) is 2. The summed E-state index contributed by atoms with van der Waals surface area (Å²) in [5.41, 5.74) is 2.90. The summed E-state index contributed by atoms with van der Waals surface area (Å²) in [6, 6.07) is 21.2. The van der Waals surface area contributed by atoms with E-state index in [2.05, 4.69) is 5.32 Å². The SMILES string of the molecule is CCOc1cc(C=C2C(=O)NC(=O)N(c3ccc(CC)cc3)C2=O)ccc1OCc1ccccc1. The fourth-order valence-corrected chi connectivity index (χ4v) is 3.68. The van der Waals surface area contributed by atoms with Crippen molar-refractivity contribution in [2.24, 2.45) is 0 Å². The molecule has 0 unspecified atom stereocenters. The van der Waals surface area contributed by atoms with Crippen LogP contribution in [0.1, 0.15) is 30.5 Å². The van der Waals surface area contributed by atoms with Gasteiger partial charge in [0, 0.05) is 0 Å². The van der Waals surface area contributed by atoms with E-state index in [1.165, 1.54) is 6.08 Å². The highest BCUT2D eigenvalue weighted by atomic mass is 16.5. The van der Waals surface area contributed by atoms with E-state index in [4.69, 9.17) is 9.47 Å². The molecule has 178 valence electrons. The maximum absolute atomic E-state index is 13.2. The van der Waals surface area contributed by atoms with E-state index < -0.39 is 17.8 Å². The number of imide groups is 2. The largest absolute Gasteiger partial charge is 0.490 e. The van der Waals surface area contributed by atoms with Crippen LogP contribution < -0.4 is 19.7 Å². The lowest BCUT2D eigenvalue weighted by Crippen LogP contribution is -2.54. The molecule has 0 aliphatic carbocycles. The number of barbiturate groups is 1. The Morgan fingerprint density at radius 1 is 0.829 bits per heavy atom. The first-order valence-electron chi connectivity index (χ1n) is 11.4. The van der Waals surface area contributed by atoms with E-state index >= 15 is 0 Å². The second-order valence-electron chi connectivity index (χ2n) is 7.89. The van der Waals surface area contributed by atoms with Gasteiger partial charge in [-0.25, -0.2) is 9.69 Å². The monoisotopic (exact) mass is 470 g/mol. The zero-order chi connectivity index (χ0) is 24.8. The van der Waals surface area contributed by atoms with Crippen molar-refractivity contribution in [3.63, 3.8) is 0 Å². The number of amides is 4. The molecule has 0 spiro atoms. The van der Waals surface area contributed by atoms with Gasteiger partial charge in [0.15, 0.2) is 11.5 Å². The molecule has 35 heavy (non-hydrogen) atoms. The average Bonchev–Trinajstić information content (AvgIpc) is 2.87. The molecule has 0 atom stereocenters. The van der Waals surface area contributed by atoms with Crippen molar-refractivity contribution in [1.29, 1.82) is 0 Å². The van der Waals surface area contributed by atoms with Crippen molar-refractivity contribution in [1.82, 2.24) is 5.32 Å². The van der Waals surface area contributed by atoms with Gasteiger partial charge >= 0.3 is 6.03 Å². The van der Waals surface area contributed by atoms with Gasteiger partial charge in [0.2, 0.25) is 0 Å². The topological polar surface area (TPSA) is 84.9 Å². The molecular weight excluding hydrogens is 444 g/mol. The van der Waals surface area contributed by atoms with Gasteiger partial charge in [-0.2, -0.15) is 0 Å². The van der Waals surface area contributed by atoms with Crippen molar-refractivity contribution in [2.45, 2.75) is 26.9 Å². The summed E-state index contributed by atoms with van der Waals surface area (Å²) in [5, 5.41) is 2.25. The van der Waals surface area contributed by atoms with Crippen LogP contribution in [0.2, 0.25) is 0 Å². The molecule has 0 aromatic heterocycles. The summed E-state index contributed by atoms with van der Waals surface area (Å²) in [7, 11) is 0. The van der Waals surface area contributed by atoms with Crippen molar-refractivity contribution < 1.29 is 23.9 Å². The average molecular weight is 471 g/mol. The zero-order valence-electron chi connectivity index (χ0n) is 19.6. The predicted molar refractivity (Wildman–Crippen MR) is 133 cm³/mol. The van der Waals surface area contributed by atoms with Crippen molar-refractivity contribution in [2.75, 3.05) is 11.5 Å². The number of urea groups is 1. The fraction of sp³-hybridized carbons (Fsp3) is 0.179. The van der Waals surface area contributed by atoms with Gasteiger partial charge in [-0.3, -0.25) is 14.9 Å². The third kappa shape index (κ3) is 5.41. The Labute approximate surface area is 204 Å². The minimum atomic E-state index is -0.777. The number of nitrogens with zero attached hydrogens (tertiary/aromatic N) is 1. The van der Waals surface area contributed by atoms with Crippen LogP contribution in [0.25, 0.3) is 6.08 Å². The van der Waals surface area contributed by atoms with Crippen LogP contribution >= 0.6 is 0 Å². The molecule has 1 aliphatic heterocycles. The molecule has 1 heterocycles. The lowest BCUT2D eigenvalue weighted by atomic mass is 10.1. The number of carbonyl (C=O) groups excluding carboxylic acids is 3. The number of hydrogen-bond donors (Lipinski definition) is 1. The van der Waals surface area contributed by atoms with Gasteiger partial charge < -0.3 is 9.47 Å². The lowest BCUT2D eigenvalue weighted by molar-refractivity contribution is -0.122. The number of aryl methyl sites for hydroxylation is 1. The van der Waals surface area contributed by atoms with Crippen molar-refractivity contribution in [3.8, 4) is 11.5 Å². The predicted octanol–water partition coefficient (Wildman–Crippen LogP) is 4.89. The maximum atomic E-state index is 13.2. The van der Waals surface area contributed by atoms with E-state index in [1.807, 2.05) is 56.3 Å². The van der Waals surface area contributed by atoms with Gasteiger partial charge in [0.25, 0.3) is 11.8 Å². The number of nitrogens with one attached hydrogen (secondary N) is 1. The van der Waals surface area contributed by atoms with E-state index in [0.717, 1.165) is 22.4 Å². The normalized spacial score (nSPS) is 14.7. The Morgan fingerprint density at radius 3 is 2.26 bits per heavy atom. The Balaban J connectivity index is 1.60. The number of anilines is 1. The first kappa shape index (κ1) is 23.8. The Hall–Kier alpha value is -4.39. The summed E-state index contributed by atoms with van der Waals surface area (Å²) < 4.78 is 11.7. The molecule has 7 heteroatoms. The number of rotatable bonds is 8. The molecule has 4 rings (SSSR count). The second kappa shape index (κ2) is 10.7. The Morgan fingerprint density at radius 2 is 1.57 bits per heavy atom. The summed E-state index contributed by atoms with van der Waals surface area (Å²) in [5.74, 6) is -0.399. The van der Waals surface area contributed by atoms with Crippen LogP contribution in [0.4, 0.5) is 10.5 Å². The van der Waals surface area contributed by atoms with E-state index in [-0.39, 0.29) is 5.57 Å². The number of carbonyl (C=O) groups is 3. The molecular formula is C28H26N2O5. The molecule has 3 aromatic rings. The molecule has 1 N–H and O–H groups in total. The molecule has 0 radical (unpaired) electrons. The number of benzene rings is 3. The van der Waals surface area contributed by atoms with Gasteiger partial charge in [0.1, 0.15) is 12.2 Å². The third-order valence-corrected chi connectivity index (χ3v) is 5.52. The highest BCUT2D eigenvalue weighted by Gasteiger charge is 2.36. The molecule has 1 fully saturated rings. The fourth-order valence-electron chi connectivity index (χ4n) is 3.68. The van der Waals surface area contributed by atoms with E-state index in [9.17, 15) is 14.4 Å². The van der Waals surface area contributed by atoms with Crippen LogP contribution in [0.15, 0.2) is 78.4 Å². The van der Waals surface area contributed by atoms with Crippen molar-refractivity contribution >= 4 is 29.6 Å². The Kier molecular flexibility index (Phi) is 7.26. The quantitative estimate of drug-likeness (QED) is 0.374. The van der Waals surface area contributed by atoms with Gasteiger partial charge in [-0.15, -0.1) is 0 Å². The summed E-state index contributed by atoms with van der Waals surface area (Å²) in [6.07, 6.45) is 2.28. The van der Waals surface area contributed by atoms with Gasteiger partial charge in [-0.05, 0) is 60.4 Å². The smallest absolute Gasteiger partial charge is 0.335 e. The molecule has 0 saturated carbocycles. The molecule has 1 aliphatic rings. The van der Waals surface area contributed by atoms with Gasteiger partial charge in [-0.1, -0.05) is 55.5 Å². The minimum Gasteiger partial charge on any atom is -0.490 e.